The summed E-state index contributed by atoms with van der Waals surface area (Å²) in [5.74, 6) is 2.90. The van der Waals surface area contributed by atoms with Crippen LogP contribution < -0.4 is 9.47 Å². The molecule has 1 aromatic carbocycles. The van der Waals surface area contributed by atoms with Gasteiger partial charge in [0.2, 0.25) is 0 Å². The molecule has 0 saturated carbocycles. The summed E-state index contributed by atoms with van der Waals surface area (Å²) in [5, 5.41) is 11.2. The Morgan fingerprint density at radius 2 is 1.71 bits per heavy atom. The van der Waals surface area contributed by atoms with E-state index in [9.17, 15) is 5.11 Å². The molecule has 1 aromatic heterocycles. The molecule has 0 fully saturated rings. The van der Waals surface area contributed by atoms with Gasteiger partial charge in [-0.3, -0.25) is 4.90 Å². The van der Waals surface area contributed by atoms with Crippen molar-refractivity contribution >= 4 is 0 Å². The van der Waals surface area contributed by atoms with Crippen molar-refractivity contribution in [2.75, 3.05) is 14.2 Å². The summed E-state index contributed by atoms with van der Waals surface area (Å²) >= 11 is 0. The van der Waals surface area contributed by atoms with Crippen LogP contribution in [0.2, 0.25) is 0 Å². The number of rotatable bonds is 14. The Labute approximate surface area is 187 Å². The van der Waals surface area contributed by atoms with Crippen LogP contribution >= 0.6 is 0 Å². The van der Waals surface area contributed by atoms with Crippen molar-refractivity contribution in [3.05, 3.63) is 72.7 Å². The highest BCUT2D eigenvalue weighted by molar-refractivity contribution is 5.46. The molecule has 0 unspecified atom stereocenters. The van der Waals surface area contributed by atoms with Crippen LogP contribution in [0.4, 0.5) is 0 Å². The molecule has 1 N–H and O–H groups in total. The van der Waals surface area contributed by atoms with Gasteiger partial charge in [0, 0.05) is 18.2 Å². The Kier molecular flexibility index (Phi) is 9.41. The first kappa shape index (κ1) is 24.8. The highest BCUT2D eigenvalue weighted by Crippen LogP contribution is 2.35. The minimum Gasteiger partial charge on any atom is -0.493 e. The lowest BCUT2D eigenvalue weighted by Gasteiger charge is -2.27. The Morgan fingerprint density at radius 1 is 1.03 bits per heavy atom. The maximum atomic E-state index is 11.2. The van der Waals surface area contributed by atoms with E-state index >= 15 is 0 Å². The fraction of sp³-hybridized carbons (Fsp3) is 0.462. The number of aliphatic hydroxyl groups is 1. The summed E-state index contributed by atoms with van der Waals surface area (Å²) in [7, 11) is 3.30. The van der Waals surface area contributed by atoms with E-state index in [2.05, 4.69) is 31.9 Å². The molecule has 0 saturated heterocycles. The summed E-state index contributed by atoms with van der Waals surface area (Å²) in [4.78, 5) is 2.30. The van der Waals surface area contributed by atoms with Gasteiger partial charge in [-0.15, -0.1) is 13.2 Å². The lowest BCUT2D eigenvalue weighted by molar-refractivity contribution is -0.00233. The van der Waals surface area contributed by atoms with Crippen LogP contribution in [-0.2, 0) is 18.7 Å². The third-order valence-electron chi connectivity index (χ3n) is 5.59. The first-order valence-corrected chi connectivity index (χ1v) is 10.9. The standard InChI is InChI=1S/C26H37NO4/c1-7-9-16-26(28,17-10-8-2)24-15-14-22(31-24)19-27(20(3)4)18-21-12-11-13-23(29-5)25(21)30-6/h7-8,11-15,20,28H,1-2,9-10,16-19H2,3-6H3. The number of allylic oxidation sites excluding steroid dienone is 2. The van der Waals surface area contributed by atoms with Crippen molar-refractivity contribution in [1.29, 1.82) is 0 Å². The van der Waals surface area contributed by atoms with Crippen molar-refractivity contribution in [3.8, 4) is 11.5 Å². The van der Waals surface area contributed by atoms with Gasteiger partial charge >= 0.3 is 0 Å². The van der Waals surface area contributed by atoms with Gasteiger partial charge < -0.3 is 19.0 Å². The lowest BCUT2D eigenvalue weighted by atomic mass is 9.89. The third-order valence-corrected chi connectivity index (χ3v) is 5.59. The summed E-state index contributed by atoms with van der Waals surface area (Å²) in [6.45, 7) is 13.2. The van der Waals surface area contributed by atoms with Crippen LogP contribution in [0.25, 0.3) is 0 Å². The summed E-state index contributed by atoms with van der Waals surface area (Å²) < 4.78 is 17.2. The number of hydrogen-bond acceptors (Lipinski definition) is 5. The predicted octanol–water partition coefficient (Wildman–Crippen LogP) is 5.83. The number of benzene rings is 1. The molecular formula is C26H37NO4. The molecule has 170 valence electrons. The molecule has 31 heavy (non-hydrogen) atoms. The van der Waals surface area contributed by atoms with E-state index < -0.39 is 5.60 Å². The molecule has 0 aliphatic heterocycles. The first-order valence-electron chi connectivity index (χ1n) is 10.9. The van der Waals surface area contributed by atoms with Crippen molar-refractivity contribution < 1.29 is 19.0 Å². The van der Waals surface area contributed by atoms with Gasteiger partial charge in [0.25, 0.3) is 0 Å². The van der Waals surface area contributed by atoms with Crippen molar-refractivity contribution in [2.24, 2.45) is 0 Å². The molecule has 2 rings (SSSR count). The average molecular weight is 428 g/mol. The highest BCUT2D eigenvalue weighted by atomic mass is 16.5. The Morgan fingerprint density at radius 3 is 2.26 bits per heavy atom. The van der Waals surface area contributed by atoms with Crippen LogP contribution in [0, 0.1) is 0 Å². The van der Waals surface area contributed by atoms with Gasteiger partial charge in [-0.1, -0.05) is 24.3 Å². The normalized spacial score (nSPS) is 11.7. The number of methoxy groups -OCH3 is 2. The molecule has 5 heteroatoms. The molecule has 5 nitrogen and oxygen atoms in total. The number of ether oxygens (including phenoxy) is 2. The largest absolute Gasteiger partial charge is 0.493 e. The molecule has 0 aliphatic carbocycles. The maximum Gasteiger partial charge on any atom is 0.165 e. The minimum absolute atomic E-state index is 0.282. The number of nitrogens with zero attached hydrogens (tertiary/aromatic N) is 1. The SMILES string of the molecule is C=CCCC(O)(CCC=C)c1ccc(CN(Cc2cccc(OC)c2OC)C(C)C)o1. The zero-order valence-corrected chi connectivity index (χ0v) is 19.4. The van der Waals surface area contributed by atoms with Crippen molar-refractivity contribution in [3.63, 3.8) is 0 Å². The zero-order chi connectivity index (χ0) is 22.9. The van der Waals surface area contributed by atoms with Crippen LogP contribution in [-0.4, -0.2) is 30.3 Å². The molecule has 1 heterocycles. The molecule has 0 amide bonds. The molecule has 0 bridgehead atoms. The van der Waals surface area contributed by atoms with Crippen LogP contribution in [0.15, 0.2) is 60.1 Å². The van der Waals surface area contributed by atoms with E-state index in [4.69, 9.17) is 13.9 Å². The van der Waals surface area contributed by atoms with Gasteiger partial charge in [0.1, 0.15) is 17.1 Å². The Bertz CT molecular complexity index is 828. The Balaban J connectivity index is 2.22. The van der Waals surface area contributed by atoms with E-state index in [1.807, 2.05) is 42.5 Å². The van der Waals surface area contributed by atoms with E-state index in [0.29, 0.717) is 31.7 Å². The second kappa shape index (κ2) is 11.8. The van der Waals surface area contributed by atoms with Gasteiger partial charge in [-0.2, -0.15) is 0 Å². The molecule has 0 spiro atoms. The monoisotopic (exact) mass is 427 g/mol. The Hall–Kier alpha value is -2.50. The molecular weight excluding hydrogens is 390 g/mol. The molecule has 0 radical (unpaired) electrons. The number of furan rings is 1. The first-order chi connectivity index (χ1) is 14.9. The minimum atomic E-state index is -1.01. The smallest absolute Gasteiger partial charge is 0.165 e. The van der Waals surface area contributed by atoms with Gasteiger partial charge in [-0.25, -0.2) is 0 Å². The van der Waals surface area contributed by atoms with Crippen LogP contribution in [0.1, 0.15) is 56.6 Å². The summed E-state index contributed by atoms with van der Waals surface area (Å²) in [5.41, 5.74) is 0.0371. The lowest BCUT2D eigenvalue weighted by Crippen LogP contribution is -2.30. The fourth-order valence-electron chi connectivity index (χ4n) is 3.68. The molecule has 0 atom stereocenters. The van der Waals surface area contributed by atoms with Crippen LogP contribution in [0.3, 0.4) is 0 Å². The van der Waals surface area contributed by atoms with Gasteiger partial charge in [0.05, 0.1) is 20.8 Å². The van der Waals surface area contributed by atoms with E-state index in [-0.39, 0.29) is 6.04 Å². The highest BCUT2D eigenvalue weighted by Gasteiger charge is 2.31. The third kappa shape index (κ3) is 6.49. The predicted molar refractivity (Wildman–Crippen MR) is 125 cm³/mol. The quantitative estimate of drug-likeness (QED) is 0.385. The number of para-hydroxylation sites is 1. The van der Waals surface area contributed by atoms with E-state index in [1.54, 1.807) is 14.2 Å². The fourth-order valence-corrected chi connectivity index (χ4v) is 3.68. The van der Waals surface area contributed by atoms with Gasteiger partial charge in [0.15, 0.2) is 11.5 Å². The summed E-state index contributed by atoms with van der Waals surface area (Å²) in [6.07, 6.45) is 6.24. The molecule has 0 aliphatic rings. The van der Waals surface area contributed by atoms with Crippen molar-refractivity contribution in [1.82, 2.24) is 4.90 Å². The topological polar surface area (TPSA) is 55.1 Å². The molecule has 2 aromatic rings. The van der Waals surface area contributed by atoms with Crippen LogP contribution in [0.5, 0.6) is 11.5 Å². The van der Waals surface area contributed by atoms with Crippen molar-refractivity contribution in [2.45, 2.75) is 64.3 Å². The number of hydrogen-bond donors (Lipinski definition) is 1. The second-order valence-electron chi connectivity index (χ2n) is 8.10. The van der Waals surface area contributed by atoms with E-state index in [0.717, 1.165) is 35.7 Å². The van der Waals surface area contributed by atoms with E-state index in [1.165, 1.54) is 0 Å². The van der Waals surface area contributed by atoms with Gasteiger partial charge in [-0.05, 0) is 57.7 Å². The maximum absolute atomic E-state index is 11.2. The summed E-state index contributed by atoms with van der Waals surface area (Å²) in [6, 6.07) is 10.1. The average Bonchev–Trinajstić information content (AvgIpc) is 3.24. The second-order valence-corrected chi connectivity index (χ2v) is 8.10. The zero-order valence-electron chi connectivity index (χ0n) is 19.4.